The summed E-state index contributed by atoms with van der Waals surface area (Å²) in [5, 5.41) is 9.10. The summed E-state index contributed by atoms with van der Waals surface area (Å²) in [6, 6.07) is 4.40. The third kappa shape index (κ3) is 3.69. The minimum absolute atomic E-state index is 0.0479. The molecule has 2 rings (SSSR count). The van der Waals surface area contributed by atoms with Gasteiger partial charge in [-0.3, -0.25) is 4.79 Å². The lowest BCUT2D eigenvalue weighted by Gasteiger charge is -2.34. The molecular formula is C14H16FNO5. The Kier molecular flexibility index (Phi) is 4.74. The van der Waals surface area contributed by atoms with Crippen molar-refractivity contribution in [2.45, 2.75) is 19.1 Å². The molecule has 0 unspecified atom stereocenters. The topological polar surface area (TPSA) is 76.1 Å². The first-order valence-corrected chi connectivity index (χ1v) is 6.52. The minimum Gasteiger partial charge on any atom is -0.481 e. The summed E-state index contributed by atoms with van der Waals surface area (Å²) in [6.45, 7) is 1.92. The molecule has 0 spiro atoms. The van der Waals surface area contributed by atoms with Crippen molar-refractivity contribution in [2.24, 2.45) is 0 Å². The molecule has 1 heterocycles. The number of nitrogens with zero attached hydrogens (tertiary/aromatic N) is 1. The van der Waals surface area contributed by atoms with Gasteiger partial charge in [0.1, 0.15) is 11.6 Å². The third-order valence-corrected chi connectivity index (χ3v) is 3.15. The van der Waals surface area contributed by atoms with Gasteiger partial charge in [0, 0.05) is 12.6 Å². The maximum absolute atomic E-state index is 13.1. The largest absolute Gasteiger partial charge is 0.481 e. The van der Waals surface area contributed by atoms with Crippen LogP contribution in [-0.4, -0.2) is 53.8 Å². The van der Waals surface area contributed by atoms with E-state index in [0.717, 1.165) is 6.07 Å². The second-order valence-electron chi connectivity index (χ2n) is 4.68. The van der Waals surface area contributed by atoms with Gasteiger partial charge in [0.15, 0.2) is 12.1 Å². The summed E-state index contributed by atoms with van der Waals surface area (Å²) in [6.07, 6.45) is -0.910. The maximum atomic E-state index is 13.1. The molecule has 1 amide bonds. The number of amides is 1. The van der Waals surface area contributed by atoms with Crippen LogP contribution in [0.4, 0.5) is 4.39 Å². The van der Waals surface area contributed by atoms with Crippen LogP contribution in [0.2, 0.25) is 0 Å². The zero-order valence-electron chi connectivity index (χ0n) is 11.5. The van der Waals surface area contributed by atoms with E-state index in [9.17, 15) is 14.0 Å². The molecule has 0 aromatic heterocycles. The number of benzene rings is 1. The van der Waals surface area contributed by atoms with Gasteiger partial charge in [0.2, 0.25) is 0 Å². The number of carbonyl (C=O) groups is 2. The highest BCUT2D eigenvalue weighted by Gasteiger charge is 2.35. The van der Waals surface area contributed by atoms with Gasteiger partial charge in [0.05, 0.1) is 13.2 Å². The van der Waals surface area contributed by atoms with Crippen LogP contribution < -0.4 is 4.74 Å². The standard InChI is InChI=1S/C14H16FNO5/c1-9(21-11-4-2-3-10(15)7-11)13(17)16-5-6-20-8-12(16)14(18)19/h2-4,7,9,12H,5-6,8H2,1H3,(H,18,19)/t9-,12+/m1/s1. The molecule has 2 atom stereocenters. The summed E-state index contributed by atoms with van der Waals surface area (Å²) in [5.74, 6) is -1.84. The van der Waals surface area contributed by atoms with Crippen molar-refractivity contribution in [1.29, 1.82) is 0 Å². The zero-order valence-corrected chi connectivity index (χ0v) is 11.5. The Morgan fingerprint density at radius 2 is 2.29 bits per heavy atom. The fourth-order valence-electron chi connectivity index (χ4n) is 2.10. The summed E-state index contributed by atoms with van der Waals surface area (Å²) in [5.41, 5.74) is 0. The lowest BCUT2D eigenvalue weighted by molar-refractivity contribution is -0.161. The van der Waals surface area contributed by atoms with Crippen molar-refractivity contribution in [1.82, 2.24) is 4.90 Å². The number of aliphatic carboxylic acids is 1. The first-order valence-electron chi connectivity index (χ1n) is 6.52. The average molecular weight is 297 g/mol. The van der Waals surface area contributed by atoms with E-state index in [1.165, 1.54) is 30.0 Å². The Bertz CT molecular complexity index is 536. The highest BCUT2D eigenvalue weighted by atomic mass is 19.1. The molecule has 1 N–H and O–H groups in total. The quantitative estimate of drug-likeness (QED) is 0.894. The molecule has 0 bridgehead atoms. The number of morpholine rings is 1. The van der Waals surface area contributed by atoms with Crippen LogP contribution in [0.25, 0.3) is 0 Å². The van der Waals surface area contributed by atoms with E-state index in [2.05, 4.69) is 0 Å². The average Bonchev–Trinajstić information content (AvgIpc) is 2.46. The molecule has 0 radical (unpaired) electrons. The molecule has 0 aliphatic carbocycles. The second-order valence-corrected chi connectivity index (χ2v) is 4.68. The molecule has 1 fully saturated rings. The molecule has 0 saturated carbocycles. The predicted molar refractivity (Wildman–Crippen MR) is 70.4 cm³/mol. The van der Waals surface area contributed by atoms with E-state index in [-0.39, 0.29) is 25.5 Å². The Morgan fingerprint density at radius 1 is 1.52 bits per heavy atom. The van der Waals surface area contributed by atoms with E-state index in [0.29, 0.717) is 0 Å². The van der Waals surface area contributed by atoms with Crippen LogP contribution in [0.1, 0.15) is 6.92 Å². The predicted octanol–water partition coefficient (Wildman–Crippen LogP) is 0.905. The summed E-state index contributed by atoms with van der Waals surface area (Å²) in [4.78, 5) is 24.6. The molecule has 1 aromatic rings. The Hall–Kier alpha value is -2.15. The van der Waals surface area contributed by atoms with Crippen molar-refractivity contribution < 1.29 is 28.6 Å². The number of carboxylic acid groups (broad SMARTS) is 1. The molecule has 6 nitrogen and oxygen atoms in total. The molecule has 21 heavy (non-hydrogen) atoms. The number of ether oxygens (including phenoxy) is 2. The van der Waals surface area contributed by atoms with Crippen molar-refractivity contribution in [3.05, 3.63) is 30.1 Å². The molecule has 1 aliphatic heterocycles. The zero-order chi connectivity index (χ0) is 15.4. The molecule has 114 valence electrons. The van der Waals surface area contributed by atoms with E-state index < -0.39 is 29.8 Å². The van der Waals surface area contributed by atoms with Gasteiger partial charge in [0.25, 0.3) is 5.91 Å². The lowest BCUT2D eigenvalue weighted by atomic mass is 10.2. The Labute approximate surface area is 121 Å². The first kappa shape index (κ1) is 15.2. The van der Waals surface area contributed by atoms with Crippen LogP contribution in [0.3, 0.4) is 0 Å². The number of hydrogen-bond donors (Lipinski definition) is 1. The highest BCUT2D eigenvalue weighted by Crippen LogP contribution is 2.16. The lowest BCUT2D eigenvalue weighted by Crippen LogP contribution is -2.55. The molecule has 7 heteroatoms. The van der Waals surface area contributed by atoms with Gasteiger partial charge in [-0.15, -0.1) is 0 Å². The normalized spacial score (nSPS) is 19.9. The Balaban J connectivity index is 2.05. The molecule has 1 aromatic carbocycles. The Morgan fingerprint density at radius 3 is 2.95 bits per heavy atom. The molecule has 1 aliphatic rings. The van der Waals surface area contributed by atoms with Crippen molar-refractivity contribution in [3.8, 4) is 5.75 Å². The van der Waals surface area contributed by atoms with Crippen molar-refractivity contribution in [3.63, 3.8) is 0 Å². The van der Waals surface area contributed by atoms with Gasteiger partial charge < -0.3 is 19.5 Å². The van der Waals surface area contributed by atoms with Crippen LogP contribution in [0.15, 0.2) is 24.3 Å². The van der Waals surface area contributed by atoms with Gasteiger partial charge in [-0.2, -0.15) is 0 Å². The SMILES string of the molecule is C[C@@H](Oc1cccc(F)c1)C(=O)N1CCOC[C@H]1C(=O)O. The van der Waals surface area contributed by atoms with E-state index in [4.69, 9.17) is 14.6 Å². The maximum Gasteiger partial charge on any atom is 0.328 e. The van der Waals surface area contributed by atoms with Crippen molar-refractivity contribution >= 4 is 11.9 Å². The third-order valence-electron chi connectivity index (χ3n) is 3.15. The minimum atomic E-state index is -1.12. The monoisotopic (exact) mass is 297 g/mol. The van der Waals surface area contributed by atoms with Crippen LogP contribution in [0.5, 0.6) is 5.75 Å². The van der Waals surface area contributed by atoms with Gasteiger partial charge in [-0.1, -0.05) is 6.07 Å². The summed E-state index contributed by atoms with van der Waals surface area (Å²) >= 11 is 0. The van der Waals surface area contributed by atoms with Crippen molar-refractivity contribution in [2.75, 3.05) is 19.8 Å². The number of halogens is 1. The van der Waals surface area contributed by atoms with Crippen LogP contribution in [0, 0.1) is 5.82 Å². The van der Waals surface area contributed by atoms with Gasteiger partial charge in [-0.05, 0) is 19.1 Å². The van der Waals surface area contributed by atoms with Gasteiger partial charge >= 0.3 is 5.97 Å². The van der Waals surface area contributed by atoms with Crippen LogP contribution >= 0.6 is 0 Å². The second kappa shape index (κ2) is 6.53. The highest BCUT2D eigenvalue weighted by molar-refractivity contribution is 5.86. The number of hydrogen-bond acceptors (Lipinski definition) is 4. The molecular weight excluding hydrogens is 281 g/mol. The number of carbonyl (C=O) groups excluding carboxylic acids is 1. The van der Waals surface area contributed by atoms with E-state index >= 15 is 0 Å². The summed E-state index contributed by atoms with van der Waals surface area (Å²) < 4.78 is 23.5. The van der Waals surface area contributed by atoms with Gasteiger partial charge in [-0.25, -0.2) is 9.18 Å². The molecule has 1 saturated heterocycles. The van der Waals surface area contributed by atoms with Crippen LogP contribution in [-0.2, 0) is 14.3 Å². The van der Waals surface area contributed by atoms with E-state index in [1.54, 1.807) is 0 Å². The van der Waals surface area contributed by atoms with E-state index in [1.807, 2.05) is 0 Å². The smallest absolute Gasteiger partial charge is 0.328 e. The fourth-order valence-corrected chi connectivity index (χ4v) is 2.10. The number of rotatable bonds is 4. The summed E-state index contributed by atoms with van der Waals surface area (Å²) in [7, 11) is 0. The number of carboxylic acids is 1. The fraction of sp³-hybridized carbons (Fsp3) is 0.429. The first-order chi connectivity index (χ1) is 9.99.